The van der Waals surface area contributed by atoms with E-state index in [1.54, 1.807) is 46.9 Å². The van der Waals surface area contributed by atoms with Gasteiger partial charge in [-0.15, -0.1) is 0 Å². The van der Waals surface area contributed by atoms with E-state index in [0.717, 1.165) is 30.4 Å². The molecule has 3 rings (SSSR count). The highest BCUT2D eigenvalue weighted by Gasteiger charge is 2.50. The van der Waals surface area contributed by atoms with Gasteiger partial charge >= 0.3 is 6.09 Å². The van der Waals surface area contributed by atoms with Gasteiger partial charge in [-0.3, -0.25) is 9.59 Å². The Labute approximate surface area is 201 Å². The number of benzene rings is 1. The molecule has 34 heavy (non-hydrogen) atoms. The predicted molar refractivity (Wildman–Crippen MR) is 128 cm³/mol. The topological polar surface area (TPSA) is 106 Å². The molecule has 1 saturated heterocycles. The minimum atomic E-state index is -0.927. The number of allylic oxidation sites excluding steroid dienone is 1. The maximum atomic E-state index is 13.4. The van der Waals surface area contributed by atoms with Crippen LogP contribution in [0.1, 0.15) is 58.9 Å². The lowest BCUT2D eigenvalue weighted by Gasteiger charge is -2.26. The number of hydrogen-bond acceptors (Lipinski definition) is 6. The van der Waals surface area contributed by atoms with E-state index in [1.807, 2.05) is 12.1 Å². The smallest absolute Gasteiger partial charge is 0.408 e. The van der Waals surface area contributed by atoms with E-state index < -0.39 is 35.3 Å². The molecule has 0 spiro atoms. The van der Waals surface area contributed by atoms with Crippen molar-refractivity contribution in [1.82, 2.24) is 10.6 Å². The normalized spacial score (nSPS) is 21.1. The average molecular weight is 473 g/mol. The van der Waals surface area contributed by atoms with Crippen LogP contribution in [0.15, 0.2) is 35.9 Å². The van der Waals surface area contributed by atoms with E-state index in [4.69, 9.17) is 14.2 Å². The number of epoxide rings is 1. The summed E-state index contributed by atoms with van der Waals surface area (Å²) in [4.78, 5) is 39.0. The standard InChI is InChI=1S/C26H36N2O6/c1-25(2,3)34-24(31)28-21(15-18-10-12-19(32-5)13-11-18)23(30)27-20(14-17-8-6-7-9-17)22(29)26(4)16-33-26/h8,10-13,20-21H,6-7,9,14-16H2,1-5H3,(H,27,30)(H,28,31)/t20-,21-,26+/m0/s1. The Morgan fingerprint density at radius 2 is 1.76 bits per heavy atom. The van der Waals surface area contributed by atoms with Gasteiger partial charge in [0.2, 0.25) is 5.91 Å². The van der Waals surface area contributed by atoms with Crippen LogP contribution in [-0.4, -0.2) is 54.8 Å². The lowest BCUT2D eigenvalue weighted by atomic mass is 9.94. The van der Waals surface area contributed by atoms with E-state index in [2.05, 4.69) is 16.7 Å². The fourth-order valence-corrected chi connectivity index (χ4v) is 3.94. The Morgan fingerprint density at radius 1 is 1.09 bits per heavy atom. The van der Waals surface area contributed by atoms with Crippen LogP contribution in [0, 0.1) is 0 Å². The molecule has 0 aromatic heterocycles. The Kier molecular flexibility index (Phi) is 8.02. The Hall–Kier alpha value is -2.87. The number of alkyl carbamates (subject to hydrolysis) is 1. The SMILES string of the molecule is COc1ccc(C[C@H](NC(=O)OC(C)(C)C)C(=O)N[C@@H](CC2=CCCC2)C(=O)[C@@]2(C)CO2)cc1. The first-order valence-electron chi connectivity index (χ1n) is 11.8. The molecule has 186 valence electrons. The van der Waals surface area contributed by atoms with Crippen molar-refractivity contribution in [2.24, 2.45) is 0 Å². The van der Waals surface area contributed by atoms with Gasteiger partial charge in [-0.2, -0.15) is 0 Å². The number of carbonyl (C=O) groups is 3. The van der Waals surface area contributed by atoms with Crippen molar-refractivity contribution in [2.75, 3.05) is 13.7 Å². The van der Waals surface area contributed by atoms with Gasteiger partial charge < -0.3 is 24.8 Å². The molecule has 0 radical (unpaired) electrons. The van der Waals surface area contributed by atoms with Crippen LogP contribution in [-0.2, 0) is 25.5 Å². The second-order valence-electron chi connectivity index (χ2n) is 10.2. The summed E-state index contributed by atoms with van der Waals surface area (Å²) in [5.41, 5.74) is 0.420. The molecule has 2 amide bonds. The number of amides is 2. The molecular weight excluding hydrogens is 436 g/mol. The monoisotopic (exact) mass is 472 g/mol. The van der Waals surface area contributed by atoms with Crippen molar-refractivity contribution in [3.8, 4) is 5.75 Å². The summed E-state index contributed by atoms with van der Waals surface area (Å²) >= 11 is 0. The highest BCUT2D eigenvalue weighted by atomic mass is 16.6. The van der Waals surface area contributed by atoms with Gasteiger partial charge in [0.05, 0.1) is 19.8 Å². The minimum Gasteiger partial charge on any atom is -0.497 e. The summed E-state index contributed by atoms with van der Waals surface area (Å²) in [6.45, 7) is 7.36. The number of ketones is 1. The van der Waals surface area contributed by atoms with Crippen LogP contribution in [0.5, 0.6) is 5.75 Å². The Morgan fingerprint density at radius 3 is 2.29 bits per heavy atom. The van der Waals surface area contributed by atoms with Crippen LogP contribution in [0.2, 0.25) is 0 Å². The van der Waals surface area contributed by atoms with Crippen molar-refractivity contribution in [3.63, 3.8) is 0 Å². The highest BCUT2D eigenvalue weighted by molar-refractivity contribution is 5.98. The molecule has 0 unspecified atom stereocenters. The van der Waals surface area contributed by atoms with Gasteiger partial charge in [-0.25, -0.2) is 4.79 Å². The molecule has 0 bridgehead atoms. The van der Waals surface area contributed by atoms with Crippen molar-refractivity contribution < 1.29 is 28.6 Å². The second kappa shape index (κ2) is 10.6. The Bertz CT molecular complexity index is 928. The molecule has 1 aliphatic carbocycles. The molecule has 8 heteroatoms. The zero-order chi connectivity index (χ0) is 24.9. The first-order chi connectivity index (χ1) is 16.0. The van der Waals surface area contributed by atoms with Gasteiger partial charge in [-0.1, -0.05) is 23.8 Å². The number of nitrogens with one attached hydrogen (secondary N) is 2. The summed E-state index contributed by atoms with van der Waals surface area (Å²) in [5.74, 6) is 0.106. The van der Waals surface area contributed by atoms with Crippen LogP contribution in [0.25, 0.3) is 0 Å². The molecule has 2 aliphatic rings. The summed E-state index contributed by atoms with van der Waals surface area (Å²) in [5, 5.41) is 5.58. The van der Waals surface area contributed by atoms with Gasteiger partial charge in [0, 0.05) is 6.42 Å². The predicted octanol–water partition coefficient (Wildman–Crippen LogP) is 3.47. The summed E-state index contributed by atoms with van der Waals surface area (Å²) in [6, 6.07) is 5.61. The highest BCUT2D eigenvalue weighted by Crippen LogP contribution is 2.31. The van der Waals surface area contributed by atoms with E-state index in [9.17, 15) is 14.4 Å². The number of rotatable bonds is 10. The van der Waals surface area contributed by atoms with Gasteiger partial charge in [-0.05, 0) is 71.1 Å². The largest absolute Gasteiger partial charge is 0.497 e. The molecule has 1 aromatic rings. The van der Waals surface area contributed by atoms with E-state index in [0.29, 0.717) is 18.8 Å². The lowest BCUT2D eigenvalue weighted by Crippen LogP contribution is -2.54. The zero-order valence-electron chi connectivity index (χ0n) is 20.7. The minimum absolute atomic E-state index is 0.144. The molecule has 1 aliphatic heterocycles. The van der Waals surface area contributed by atoms with Crippen LogP contribution in [0.4, 0.5) is 4.79 Å². The second-order valence-corrected chi connectivity index (χ2v) is 10.2. The fraction of sp³-hybridized carbons (Fsp3) is 0.577. The molecule has 1 aromatic carbocycles. The number of Topliss-reactive ketones (excluding diaryl/α,β-unsaturated/α-hetero) is 1. The van der Waals surface area contributed by atoms with Crippen molar-refractivity contribution in [1.29, 1.82) is 0 Å². The maximum absolute atomic E-state index is 13.4. The number of carbonyl (C=O) groups excluding carboxylic acids is 3. The van der Waals surface area contributed by atoms with E-state index in [1.165, 1.54) is 0 Å². The van der Waals surface area contributed by atoms with Gasteiger partial charge in [0.15, 0.2) is 5.78 Å². The third-order valence-corrected chi connectivity index (χ3v) is 5.94. The van der Waals surface area contributed by atoms with Crippen molar-refractivity contribution in [3.05, 3.63) is 41.5 Å². The van der Waals surface area contributed by atoms with Crippen LogP contribution in [0.3, 0.4) is 0 Å². The van der Waals surface area contributed by atoms with Gasteiger partial charge in [0.1, 0.15) is 23.0 Å². The van der Waals surface area contributed by atoms with Crippen LogP contribution < -0.4 is 15.4 Å². The summed E-state index contributed by atoms with van der Waals surface area (Å²) in [7, 11) is 1.58. The zero-order valence-corrected chi connectivity index (χ0v) is 20.7. The third-order valence-electron chi connectivity index (χ3n) is 5.94. The van der Waals surface area contributed by atoms with Crippen molar-refractivity contribution in [2.45, 2.75) is 83.1 Å². The lowest BCUT2D eigenvalue weighted by molar-refractivity contribution is -0.131. The number of methoxy groups -OCH3 is 1. The molecule has 1 heterocycles. The fourth-order valence-electron chi connectivity index (χ4n) is 3.94. The van der Waals surface area contributed by atoms with Crippen LogP contribution >= 0.6 is 0 Å². The van der Waals surface area contributed by atoms with Crippen molar-refractivity contribution >= 4 is 17.8 Å². The average Bonchev–Trinajstić information content (AvgIpc) is 3.30. The maximum Gasteiger partial charge on any atom is 0.408 e. The third kappa shape index (κ3) is 7.32. The quantitative estimate of drug-likeness (QED) is 0.399. The number of ether oxygens (including phenoxy) is 3. The molecule has 0 saturated carbocycles. The number of hydrogen-bond donors (Lipinski definition) is 2. The van der Waals surface area contributed by atoms with E-state index in [-0.39, 0.29) is 12.2 Å². The summed E-state index contributed by atoms with van der Waals surface area (Å²) in [6.07, 6.45) is 5.08. The Balaban J connectivity index is 1.77. The molecular formula is C26H36N2O6. The first-order valence-corrected chi connectivity index (χ1v) is 11.8. The summed E-state index contributed by atoms with van der Waals surface area (Å²) < 4.78 is 15.9. The van der Waals surface area contributed by atoms with E-state index >= 15 is 0 Å². The molecule has 3 atom stereocenters. The molecule has 2 N–H and O–H groups in total. The van der Waals surface area contributed by atoms with Gasteiger partial charge in [0.25, 0.3) is 0 Å². The first kappa shape index (κ1) is 25.7. The molecule has 1 fully saturated rings. The molecule has 8 nitrogen and oxygen atoms in total.